The molecule has 3 nitrogen and oxygen atoms in total. The van der Waals surface area contributed by atoms with E-state index in [9.17, 15) is 4.79 Å². The highest BCUT2D eigenvalue weighted by molar-refractivity contribution is 5.76. The predicted octanol–water partition coefficient (Wildman–Crippen LogP) is 3.32. The lowest BCUT2D eigenvalue weighted by atomic mass is 9.82. The van der Waals surface area contributed by atoms with E-state index in [1.165, 1.54) is 44.9 Å². The van der Waals surface area contributed by atoms with Crippen LogP contribution in [0.1, 0.15) is 71.1 Å². The van der Waals surface area contributed by atoms with Gasteiger partial charge in [-0.3, -0.25) is 4.79 Å². The summed E-state index contributed by atoms with van der Waals surface area (Å²) in [4.78, 5) is 14.5. The highest BCUT2D eigenvalue weighted by atomic mass is 16.2. The van der Waals surface area contributed by atoms with E-state index in [0.29, 0.717) is 23.9 Å². The fourth-order valence-electron chi connectivity index (χ4n) is 4.05. The molecule has 0 aromatic carbocycles. The summed E-state index contributed by atoms with van der Waals surface area (Å²) in [7, 11) is 2.02. The van der Waals surface area contributed by atoms with Crippen molar-refractivity contribution in [1.82, 2.24) is 4.90 Å². The van der Waals surface area contributed by atoms with Crippen molar-refractivity contribution in [1.29, 1.82) is 0 Å². The van der Waals surface area contributed by atoms with E-state index in [1.54, 1.807) is 0 Å². The van der Waals surface area contributed by atoms with Gasteiger partial charge in [0.2, 0.25) is 5.91 Å². The maximum atomic E-state index is 12.5. The molecule has 2 saturated carbocycles. The predicted molar refractivity (Wildman–Crippen MR) is 83.4 cm³/mol. The van der Waals surface area contributed by atoms with Crippen molar-refractivity contribution in [3.8, 4) is 0 Å². The second-order valence-electron chi connectivity index (χ2n) is 7.08. The molecular weight excluding hydrogens is 248 g/mol. The minimum atomic E-state index is 0.326. The maximum Gasteiger partial charge on any atom is 0.222 e. The molecule has 0 spiro atoms. The SMILES string of the molecule is CCC1CCC(N(C)C(=O)CC2CCCC(N)C2)CC1. The Morgan fingerprint density at radius 2 is 1.80 bits per heavy atom. The third-order valence-electron chi connectivity index (χ3n) is 5.62. The summed E-state index contributed by atoms with van der Waals surface area (Å²) >= 11 is 0. The van der Waals surface area contributed by atoms with Crippen LogP contribution in [-0.4, -0.2) is 29.9 Å². The van der Waals surface area contributed by atoms with Crippen molar-refractivity contribution in [2.24, 2.45) is 17.6 Å². The summed E-state index contributed by atoms with van der Waals surface area (Å²) in [5.41, 5.74) is 6.03. The zero-order chi connectivity index (χ0) is 14.5. The fraction of sp³-hybridized carbons (Fsp3) is 0.941. The van der Waals surface area contributed by atoms with Crippen molar-refractivity contribution in [2.45, 2.75) is 83.2 Å². The zero-order valence-corrected chi connectivity index (χ0v) is 13.3. The summed E-state index contributed by atoms with van der Waals surface area (Å²) in [6.07, 6.45) is 11.6. The molecule has 0 aromatic heterocycles. The molecule has 2 aliphatic rings. The minimum absolute atomic E-state index is 0.326. The first-order valence-electron chi connectivity index (χ1n) is 8.61. The van der Waals surface area contributed by atoms with Crippen LogP contribution in [0.3, 0.4) is 0 Å². The number of nitrogens with zero attached hydrogens (tertiary/aromatic N) is 1. The van der Waals surface area contributed by atoms with Crippen LogP contribution < -0.4 is 5.73 Å². The Hall–Kier alpha value is -0.570. The molecule has 0 bridgehead atoms. The highest BCUT2D eigenvalue weighted by Crippen LogP contribution is 2.31. The Labute approximate surface area is 124 Å². The van der Waals surface area contributed by atoms with Crippen molar-refractivity contribution >= 4 is 5.91 Å². The summed E-state index contributed by atoms with van der Waals surface area (Å²) in [6, 6.07) is 0.814. The molecule has 2 aliphatic carbocycles. The molecule has 2 atom stereocenters. The largest absolute Gasteiger partial charge is 0.343 e. The molecule has 1 amide bonds. The van der Waals surface area contributed by atoms with E-state index in [0.717, 1.165) is 25.2 Å². The number of nitrogens with two attached hydrogens (primary N) is 1. The van der Waals surface area contributed by atoms with Gasteiger partial charge in [0, 0.05) is 25.6 Å². The molecule has 20 heavy (non-hydrogen) atoms. The van der Waals surface area contributed by atoms with Crippen LogP contribution in [0.15, 0.2) is 0 Å². The molecule has 2 rings (SSSR count). The molecule has 0 aromatic rings. The van der Waals surface area contributed by atoms with Gasteiger partial charge >= 0.3 is 0 Å². The standard InChI is InChI=1S/C17H32N2O/c1-3-13-7-9-16(10-8-13)19(2)17(20)12-14-5-4-6-15(18)11-14/h13-16H,3-12,18H2,1-2H3. The first-order valence-corrected chi connectivity index (χ1v) is 8.61. The molecule has 0 saturated heterocycles. The van der Waals surface area contributed by atoms with Crippen molar-refractivity contribution in [2.75, 3.05) is 7.05 Å². The summed E-state index contributed by atoms with van der Waals surface area (Å²) in [6.45, 7) is 2.28. The van der Waals surface area contributed by atoms with Crippen LogP contribution in [0.5, 0.6) is 0 Å². The van der Waals surface area contributed by atoms with Crippen molar-refractivity contribution in [3.63, 3.8) is 0 Å². The highest BCUT2D eigenvalue weighted by Gasteiger charge is 2.28. The molecular formula is C17H32N2O. The van der Waals surface area contributed by atoms with E-state index in [2.05, 4.69) is 6.92 Å². The summed E-state index contributed by atoms with van der Waals surface area (Å²) in [5, 5.41) is 0. The molecule has 2 N–H and O–H groups in total. The summed E-state index contributed by atoms with van der Waals surface area (Å²) in [5.74, 6) is 1.77. The topological polar surface area (TPSA) is 46.3 Å². The van der Waals surface area contributed by atoms with Gasteiger partial charge in [-0.1, -0.05) is 19.8 Å². The van der Waals surface area contributed by atoms with Crippen LogP contribution in [0.25, 0.3) is 0 Å². The quantitative estimate of drug-likeness (QED) is 0.858. The molecule has 3 heteroatoms. The summed E-state index contributed by atoms with van der Waals surface area (Å²) < 4.78 is 0. The number of hydrogen-bond donors (Lipinski definition) is 1. The minimum Gasteiger partial charge on any atom is -0.343 e. The van der Waals surface area contributed by atoms with Crippen molar-refractivity contribution in [3.05, 3.63) is 0 Å². The van der Waals surface area contributed by atoms with Gasteiger partial charge in [-0.15, -0.1) is 0 Å². The van der Waals surface area contributed by atoms with Gasteiger partial charge in [-0.05, 0) is 56.8 Å². The molecule has 0 aliphatic heterocycles. The van der Waals surface area contributed by atoms with Crippen LogP contribution in [0, 0.1) is 11.8 Å². The lowest BCUT2D eigenvalue weighted by molar-refractivity contribution is -0.134. The third-order valence-corrected chi connectivity index (χ3v) is 5.62. The maximum absolute atomic E-state index is 12.5. The van der Waals surface area contributed by atoms with Crippen LogP contribution in [0.4, 0.5) is 0 Å². The van der Waals surface area contributed by atoms with Gasteiger partial charge in [0.1, 0.15) is 0 Å². The molecule has 2 unspecified atom stereocenters. The van der Waals surface area contributed by atoms with E-state index >= 15 is 0 Å². The number of hydrogen-bond acceptors (Lipinski definition) is 2. The Balaban J connectivity index is 1.77. The van der Waals surface area contributed by atoms with E-state index in [4.69, 9.17) is 5.73 Å². The average molecular weight is 280 g/mol. The van der Waals surface area contributed by atoms with Gasteiger partial charge in [-0.25, -0.2) is 0 Å². The number of carbonyl (C=O) groups is 1. The Morgan fingerprint density at radius 1 is 1.10 bits per heavy atom. The van der Waals surface area contributed by atoms with E-state index < -0.39 is 0 Å². The third kappa shape index (κ3) is 4.21. The zero-order valence-electron chi connectivity index (χ0n) is 13.3. The smallest absolute Gasteiger partial charge is 0.222 e. The van der Waals surface area contributed by atoms with Crippen LogP contribution >= 0.6 is 0 Å². The Morgan fingerprint density at radius 3 is 2.40 bits per heavy atom. The first kappa shape index (κ1) is 15.8. The average Bonchev–Trinajstić information content (AvgIpc) is 2.46. The van der Waals surface area contributed by atoms with Crippen LogP contribution in [-0.2, 0) is 4.79 Å². The normalized spacial score (nSPS) is 34.8. The van der Waals surface area contributed by atoms with E-state index in [1.807, 2.05) is 11.9 Å². The number of rotatable bonds is 4. The monoisotopic (exact) mass is 280 g/mol. The van der Waals surface area contributed by atoms with E-state index in [-0.39, 0.29) is 0 Å². The second kappa shape index (κ2) is 7.44. The van der Waals surface area contributed by atoms with Gasteiger partial charge in [-0.2, -0.15) is 0 Å². The van der Waals surface area contributed by atoms with Gasteiger partial charge in [0.05, 0.1) is 0 Å². The number of amides is 1. The Kier molecular flexibility index (Phi) is 5.88. The molecule has 116 valence electrons. The van der Waals surface area contributed by atoms with Gasteiger partial charge in [0.25, 0.3) is 0 Å². The fourth-order valence-corrected chi connectivity index (χ4v) is 4.05. The lowest BCUT2D eigenvalue weighted by Gasteiger charge is -2.35. The Bertz CT molecular complexity index is 310. The van der Waals surface area contributed by atoms with Gasteiger partial charge < -0.3 is 10.6 Å². The second-order valence-corrected chi connectivity index (χ2v) is 7.08. The van der Waals surface area contributed by atoms with Crippen molar-refractivity contribution < 1.29 is 4.79 Å². The van der Waals surface area contributed by atoms with Crippen LogP contribution in [0.2, 0.25) is 0 Å². The molecule has 2 fully saturated rings. The molecule has 0 radical (unpaired) electrons. The van der Waals surface area contributed by atoms with Gasteiger partial charge in [0.15, 0.2) is 0 Å². The first-order chi connectivity index (χ1) is 9.60. The molecule has 0 heterocycles. The number of carbonyl (C=O) groups excluding carboxylic acids is 1. The lowest BCUT2D eigenvalue weighted by Crippen LogP contribution is -2.41.